The first-order chi connectivity index (χ1) is 17.4. The second-order valence-electron chi connectivity index (χ2n) is 9.39. The molecule has 1 aromatic carbocycles. The van der Waals surface area contributed by atoms with Crippen molar-refractivity contribution in [1.29, 1.82) is 0 Å². The van der Waals surface area contributed by atoms with E-state index in [9.17, 15) is 36.2 Å². The molecule has 4 rings (SSSR count). The number of nitrogens with zero attached hydrogens (tertiary/aromatic N) is 1. The molecule has 1 aromatic heterocycles. The van der Waals surface area contributed by atoms with Crippen LogP contribution in [0, 0.1) is 6.92 Å². The number of halogens is 6. The number of rotatable bonds is 5. The number of nitrogens with one attached hydrogen (secondary N) is 1. The van der Waals surface area contributed by atoms with Gasteiger partial charge in [0.1, 0.15) is 0 Å². The maximum atomic E-state index is 13.9. The first-order valence-electron chi connectivity index (χ1n) is 12.0. The van der Waals surface area contributed by atoms with Gasteiger partial charge in [-0.1, -0.05) is 12.8 Å². The molecule has 1 aliphatic carbocycles. The normalized spacial score (nSPS) is 23.2. The molecule has 1 saturated heterocycles. The summed E-state index contributed by atoms with van der Waals surface area (Å²) in [5, 5.41) is 13.0. The van der Waals surface area contributed by atoms with Gasteiger partial charge in [-0.2, -0.15) is 26.3 Å². The van der Waals surface area contributed by atoms with Crippen LogP contribution in [0.25, 0.3) is 11.3 Å². The Balaban J connectivity index is 1.82. The maximum Gasteiger partial charge on any atom is 0.417 e. The van der Waals surface area contributed by atoms with Crippen LogP contribution in [-0.2, 0) is 28.4 Å². The van der Waals surface area contributed by atoms with E-state index in [4.69, 9.17) is 9.47 Å². The van der Waals surface area contributed by atoms with E-state index in [-0.39, 0.29) is 36.7 Å². The Morgan fingerprint density at radius 2 is 1.81 bits per heavy atom. The summed E-state index contributed by atoms with van der Waals surface area (Å²) in [6, 6.07) is 1.90. The summed E-state index contributed by atoms with van der Waals surface area (Å²) in [5.74, 6) is -0.621. The van der Waals surface area contributed by atoms with Crippen LogP contribution in [0.4, 0.5) is 26.3 Å². The van der Waals surface area contributed by atoms with Gasteiger partial charge in [-0.05, 0) is 44.0 Å². The molecule has 1 aliphatic heterocycles. The number of amides is 1. The summed E-state index contributed by atoms with van der Waals surface area (Å²) in [6.45, 7) is 2.22. The first kappa shape index (κ1) is 27.5. The van der Waals surface area contributed by atoms with Gasteiger partial charge >= 0.3 is 12.4 Å². The third-order valence-electron chi connectivity index (χ3n) is 6.86. The Morgan fingerprint density at radius 3 is 2.43 bits per heavy atom. The van der Waals surface area contributed by atoms with Gasteiger partial charge in [0, 0.05) is 17.0 Å². The van der Waals surface area contributed by atoms with E-state index in [0.29, 0.717) is 37.6 Å². The number of alkyl halides is 6. The summed E-state index contributed by atoms with van der Waals surface area (Å²) < 4.78 is 94.6. The van der Waals surface area contributed by atoms with Gasteiger partial charge in [-0.3, -0.25) is 4.79 Å². The molecule has 0 radical (unpaired) electrons. The number of aliphatic hydroxyl groups excluding tert-OH is 1. The topological polar surface area (TPSA) is 72.7 Å². The Bertz CT molecular complexity index is 1120. The van der Waals surface area contributed by atoms with Crippen LogP contribution in [0.2, 0.25) is 0 Å². The van der Waals surface area contributed by atoms with Crippen LogP contribution < -0.4 is 5.32 Å². The lowest BCUT2D eigenvalue weighted by Crippen LogP contribution is -2.45. The minimum atomic E-state index is -4.94. The molecule has 204 valence electrons. The predicted molar refractivity (Wildman–Crippen MR) is 121 cm³/mol. The zero-order valence-corrected chi connectivity index (χ0v) is 20.1. The van der Waals surface area contributed by atoms with Crippen molar-refractivity contribution in [2.75, 3.05) is 19.8 Å². The van der Waals surface area contributed by atoms with E-state index >= 15 is 0 Å². The van der Waals surface area contributed by atoms with Crippen molar-refractivity contribution in [3.05, 3.63) is 46.6 Å². The Hall–Kier alpha value is -2.57. The molecule has 12 heteroatoms. The molecule has 2 N–H and O–H groups in total. The molecule has 2 aromatic rings. The fraction of sp³-hybridized carbons (Fsp3) is 0.560. The van der Waals surface area contributed by atoms with Gasteiger partial charge in [-0.25, -0.2) is 0 Å². The van der Waals surface area contributed by atoms with Gasteiger partial charge in [0.25, 0.3) is 5.91 Å². The summed E-state index contributed by atoms with van der Waals surface area (Å²) >= 11 is 0. The largest absolute Gasteiger partial charge is 0.417 e. The highest BCUT2D eigenvalue weighted by Gasteiger charge is 2.39. The van der Waals surface area contributed by atoms with E-state index in [0.717, 1.165) is 12.8 Å². The SMILES string of the molecule is Cc1c(C(=O)N[C@@H]2CCCC[C@H]2O)cc(-c2cc(C(F)(F)F)ccc2C(F)(F)F)n1CC1COCCO1. The molecule has 1 amide bonds. The van der Waals surface area contributed by atoms with Crippen molar-refractivity contribution in [2.24, 2.45) is 0 Å². The van der Waals surface area contributed by atoms with Crippen molar-refractivity contribution < 1.29 is 45.7 Å². The molecule has 2 aliphatic rings. The molecule has 6 nitrogen and oxygen atoms in total. The van der Waals surface area contributed by atoms with Gasteiger partial charge in [0.05, 0.1) is 61.3 Å². The predicted octanol–water partition coefficient (Wildman–Crippen LogP) is 4.95. The van der Waals surface area contributed by atoms with E-state index in [1.165, 1.54) is 17.6 Å². The number of hydrogen-bond acceptors (Lipinski definition) is 4. The Labute approximate surface area is 209 Å². The molecular weight excluding hydrogens is 506 g/mol. The van der Waals surface area contributed by atoms with Gasteiger partial charge in [0.15, 0.2) is 0 Å². The van der Waals surface area contributed by atoms with Gasteiger partial charge < -0.3 is 24.5 Å². The molecule has 1 saturated carbocycles. The monoisotopic (exact) mass is 534 g/mol. The van der Waals surface area contributed by atoms with Crippen LogP contribution >= 0.6 is 0 Å². The number of aromatic nitrogens is 1. The summed E-state index contributed by atoms with van der Waals surface area (Å²) in [5.41, 5.74) is -3.12. The summed E-state index contributed by atoms with van der Waals surface area (Å²) in [7, 11) is 0. The zero-order chi connectivity index (χ0) is 27.0. The van der Waals surface area contributed by atoms with Crippen molar-refractivity contribution in [3.63, 3.8) is 0 Å². The molecular formula is C25H28F6N2O4. The number of aliphatic hydroxyl groups is 1. The van der Waals surface area contributed by atoms with E-state index in [1.807, 2.05) is 0 Å². The molecule has 0 spiro atoms. The van der Waals surface area contributed by atoms with Crippen molar-refractivity contribution >= 4 is 5.91 Å². The Morgan fingerprint density at radius 1 is 1.08 bits per heavy atom. The smallest absolute Gasteiger partial charge is 0.391 e. The highest BCUT2D eigenvalue weighted by atomic mass is 19.4. The average Bonchev–Trinajstić information content (AvgIpc) is 3.15. The third-order valence-corrected chi connectivity index (χ3v) is 6.86. The lowest BCUT2D eigenvalue weighted by Gasteiger charge is -2.28. The summed E-state index contributed by atoms with van der Waals surface area (Å²) in [6.07, 6.45) is -8.49. The second kappa shape index (κ2) is 10.7. The van der Waals surface area contributed by atoms with Crippen molar-refractivity contribution in [1.82, 2.24) is 9.88 Å². The lowest BCUT2D eigenvalue weighted by atomic mass is 9.92. The summed E-state index contributed by atoms with van der Waals surface area (Å²) in [4.78, 5) is 13.2. The third kappa shape index (κ3) is 6.12. The molecule has 3 atom stereocenters. The quantitative estimate of drug-likeness (QED) is 0.533. The lowest BCUT2D eigenvalue weighted by molar-refractivity contribution is -0.141. The number of carbonyl (C=O) groups is 1. The van der Waals surface area contributed by atoms with E-state index in [2.05, 4.69) is 5.32 Å². The number of hydrogen-bond donors (Lipinski definition) is 2. The highest BCUT2D eigenvalue weighted by Crippen LogP contribution is 2.42. The maximum absolute atomic E-state index is 13.9. The van der Waals surface area contributed by atoms with Crippen LogP contribution in [0.1, 0.15) is 52.9 Å². The first-order valence-corrected chi connectivity index (χ1v) is 12.0. The second-order valence-corrected chi connectivity index (χ2v) is 9.39. The number of carbonyl (C=O) groups excluding carboxylic acids is 1. The van der Waals surface area contributed by atoms with Crippen LogP contribution in [0.5, 0.6) is 0 Å². The number of benzene rings is 1. The van der Waals surface area contributed by atoms with Crippen LogP contribution in [0.3, 0.4) is 0 Å². The minimum absolute atomic E-state index is 0.00929. The number of ether oxygens (including phenoxy) is 2. The van der Waals surface area contributed by atoms with Crippen LogP contribution in [0.15, 0.2) is 24.3 Å². The molecule has 2 fully saturated rings. The van der Waals surface area contributed by atoms with Crippen LogP contribution in [-0.4, -0.2) is 53.7 Å². The van der Waals surface area contributed by atoms with E-state index < -0.39 is 53.2 Å². The molecule has 37 heavy (non-hydrogen) atoms. The van der Waals surface area contributed by atoms with Gasteiger partial charge in [-0.15, -0.1) is 0 Å². The highest BCUT2D eigenvalue weighted by molar-refractivity contribution is 5.97. The van der Waals surface area contributed by atoms with Crippen molar-refractivity contribution in [3.8, 4) is 11.3 Å². The average molecular weight is 534 g/mol. The Kier molecular flexibility index (Phi) is 7.91. The molecule has 0 bridgehead atoms. The fourth-order valence-corrected chi connectivity index (χ4v) is 4.88. The van der Waals surface area contributed by atoms with Gasteiger partial charge in [0.2, 0.25) is 0 Å². The zero-order valence-electron chi connectivity index (χ0n) is 20.1. The standard InChI is InChI=1S/C25H28F6N2O4/c1-14-17(23(35)32-20-4-2-3-5-22(20)34)11-21(33(14)12-16-13-36-8-9-37-16)18-10-15(24(26,27)28)6-7-19(18)25(29,30)31/h6-7,10-11,16,20,22,34H,2-5,8-9,12-13H2,1H3,(H,32,35)/t16?,20-,22-/m1/s1. The minimum Gasteiger partial charge on any atom is -0.391 e. The van der Waals surface area contributed by atoms with Crippen molar-refractivity contribution in [2.45, 2.75) is 69.8 Å². The molecule has 2 heterocycles. The molecule has 1 unspecified atom stereocenters. The fourth-order valence-electron chi connectivity index (χ4n) is 4.88. The van der Waals surface area contributed by atoms with E-state index in [1.54, 1.807) is 0 Å².